The Morgan fingerprint density at radius 1 is 0.625 bits per heavy atom. The number of pyridine rings is 1. The van der Waals surface area contributed by atoms with Crippen LogP contribution in [-0.2, 0) is 21.0 Å². The number of sulfonamides is 1. The van der Waals surface area contributed by atoms with E-state index >= 15 is 0 Å². The number of anilines is 2. The van der Waals surface area contributed by atoms with E-state index in [0.29, 0.717) is 22.0 Å². The van der Waals surface area contributed by atoms with Crippen molar-refractivity contribution >= 4 is 53.6 Å². The second kappa shape index (κ2) is 12.7. The van der Waals surface area contributed by atoms with Crippen LogP contribution in [0.4, 0.5) is 11.6 Å². The Morgan fingerprint density at radius 3 is 1.79 bits per heavy atom. The van der Waals surface area contributed by atoms with Gasteiger partial charge in [-0.15, -0.1) is 0 Å². The lowest BCUT2D eigenvalue weighted by Crippen LogP contribution is -2.33. The molecule has 48 heavy (non-hydrogen) atoms. The number of nitrogens with zero attached hydrogens (tertiary/aromatic N) is 5. The number of allylic oxidation sites excluding steroid dienone is 2. The topological polar surface area (TPSA) is 96.4 Å². The van der Waals surface area contributed by atoms with Crippen molar-refractivity contribution in [1.82, 2.24) is 15.0 Å². The van der Waals surface area contributed by atoms with E-state index in [0.717, 1.165) is 55.2 Å². The van der Waals surface area contributed by atoms with Gasteiger partial charge in [0.05, 0.1) is 4.91 Å². The number of benzene rings is 2. The predicted octanol–water partition coefficient (Wildman–Crippen LogP) is 8.00. The molecule has 0 radical (unpaired) electrons. The monoisotopic (exact) mass is 683 g/mol. The van der Waals surface area contributed by atoms with Crippen molar-refractivity contribution in [2.75, 3.05) is 22.7 Å². The molecule has 4 aromatic rings. The van der Waals surface area contributed by atoms with Gasteiger partial charge in [0.15, 0.2) is 16.8 Å². The molecule has 0 saturated carbocycles. The van der Waals surface area contributed by atoms with E-state index in [9.17, 15) is 12.6 Å². The smallest absolute Gasteiger partial charge is 0.266 e. The molecular formula is C38H45N5O3S2. The largest absolute Gasteiger partial charge is 0.274 e. The minimum atomic E-state index is -3.68. The van der Waals surface area contributed by atoms with Gasteiger partial charge in [0.1, 0.15) is 16.4 Å². The number of rotatable bonds is 2. The first kappa shape index (κ1) is 35.2. The summed E-state index contributed by atoms with van der Waals surface area (Å²) in [5.74, 6) is 1.16. The van der Waals surface area contributed by atoms with Crippen molar-refractivity contribution < 1.29 is 12.6 Å². The third-order valence-corrected chi connectivity index (χ3v) is 13.8. The summed E-state index contributed by atoms with van der Waals surface area (Å²) in [6, 6.07) is 6.04. The van der Waals surface area contributed by atoms with Crippen molar-refractivity contribution in [3.05, 3.63) is 109 Å². The Morgan fingerprint density at radius 2 is 1.17 bits per heavy atom. The van der Waals surface area contributed by atoms with E-state index in [1.807, 2.05) is 53.8 Å². The molecule has 2 aliphatic heterocycles. The lowest BCUT2D eigenvalue weighted by Gasteiger charge is -2.30. The quantitative estimate of drug-likeness (QED) is 0.213. The number of aromatic nitrogens is 3. The molecule has 252 valence electrons. The van der Waals surface area contributed by atoms with Crippen molar-refractivity contribution in [2.24, 2.45) is 0 Å². The summed E-state index contributed by atoms with van der Waals surface area (Å²) in [5, 5.41) is 0. The fourth-order valence-corrected chi connectivity index (χ4v) is 9.97. The van der Waals surface area contributed by atoms with Crippen LogP contribution < -0.4 is 8.61 Å². The molecule has 2 aromatic heterocycles. The van der Waals surface area contributed by atoms with Gasteiger partial charge in [0, 0.05) is 43.8 Å². The molecule has 0 bridgehead atoms. The molecule has 2 aliphatic rings. The molecule has 10 heteroatoms. The van der Waals surface area contributed by atoms with E-state index in [-0.39, 0.29) is 0 Å². The lowest BCUT2D eigenvalue weighted by atomic mass is 9.88. The summed E-state index contributed by atoms with van der Waals surface area (Å²) in [4.78, 5) is 14.2. The van der Waals surface area contributed by atoms with Gasteiger partial charge in [-0.2, -0.15) is 0 Å². The molecule has 0 spiro atoms. The Hall–Kier alpha value is -4.15. The molecule has 0 N–H and O–H groups in total. The standard InChI is InChI=1S/C20H24N2OS.C18H21N3O2S/c1-11-12(2)14(4)18(15(5)13(11)3)19-16(6)17-9-8-10-21-20(17)22(7)24(19)23;1-10-9-11(2)15(13(4)12(10)3)17-14(5)16-18(20-8-7-19-16)21(6)24(17,22)23/h8-10H,1-7H3;7-9H,1-6H3. The molecule has 8 nitrogen and oxygen atoms in total. The molecule has 6 rings (SSSR count). The van der Waals surface area contributed by atoms with Crippen LogP contribution in [0.15, 0.2) is 36.8 Å². The van der Waals surface area contributed by atoms with Crippen LogP contribution in [0.25, 0.3) is 21.0 Å². The molecule has 1 unspecified atom stereocenters. The SMILES string of the molecule is CC1=C(c2c(C)c(C)c(C)c(C)c2C)S(=O)N(C)c2ncccc21.CC1=C(c2c(C)cc(C)c(C)c2C)S(=O)(=O)N(C)c2nccnc21. The minimum absolute atomic E-state index is 0.330. The van der Waals surface area contributed by atoms with Gasteiger partial charge < -0.3 is 0 Å². The van der Waals surface area contributed by atoms with Crippen LogP contribution in [0.5, 0.6) is 0 Å². The molecule has 2 aromatic carbocycles. The first-order chi connectivity index (χ1) is 22.4. The van der Waals surface area contributed by atoms with E-state index in [1.54, 1.807) is 16.7 Å². The second-order valence-corrected chi connectivity index (χ2v) is 16.2. The zero-order valence-electron chi connectivity index (χ0n) is 30.2. The Kier molecular flexibility index (Phi) is 9.31. The summed E-state index contributed by atoms with van der Waals surface area (Å²) < 4.78 is 42.6. The van der Waals surface area contributed by atoms with Gasteiger partial charge in [-0.3, -0.25) is 13.6 Å². The van der Waals surface area contributed by atoms with Crippen LogP contribution in [0.2, 0.25) is 0 Å². The number of hydrogen-bond acceptors (Lipinski definition) is 6. The molecule has 1 atom stereocenters. The molecular weight excluding hydrogens is 639 g/mol. The van der Waals surface area contributed by atoms with Gasteiger partial charge in [-0.05, 0) is 155 Å². The van der Waals surface area contributed by atoms with Gasteiger partial charge >= 0.3 is 0 Å². The third-order valence-electron chi connectivity index (χ3n) is 10.4. The fourth-order valence-electron chi connectivity index (χ4n) is 6.85. The average Bonchev–Trinajstić information content (AvgIpc) is 3.06. The first-order valence-corrected chi connectivity index (χ1v) is 18.5. The summed E-state index contributed by atoms with van der Waals surface area (Å²) in [5.41, 5.74) is 15.8. The summed E-state index contributed by atoms with van der Waals surface area (Å²) >= 11 is 0. The Bertz CT molecular complexity index is 2190. The highest BCUT2D eigenvalue weighted by Gasteiger charge is 2.37. The van der Waals surface area contributed by atoms with E-state index in [1.165, 1.54) is 45.4 Å². The van der Waals surface area contributed by atoms with E-state index < -0.39 is 21.0 Å². The summed E-state index contributed by atoms with van der Waals surface area (Å²) in [7, 11) is -1.56. The highest BCUT2D eigenvalue weighted by atomic mass is 32.2. The fraction of sp³-hybridized carbons (Fsp3) is 0.342. The molecule has 4 heterocycles. The van der Waals surface area contributed by atoms with Gasteiger partial charge in [0.2, 0.25) is 0 Å². The maximum Gasteiger partial charge on any atom is 0.266 e. The first-order valence-electron chi connectivity index (χ1n) is 15.9. The Balaban J connectivity index is 0.000000188. The van der Waals surface area contributed by atoms with Gasteiger partial charge in [0.25, 0.3) is 10.0 Å². The van der Waals surface area contributed by atoms with Crippen molar-refractivity contribution in [2.45, 2.75) is 76.2 Å². The zero-order valence-corrected chi connectivity index (χ0v) is 31.9. The maximum absolute atomic E-state index is 13.3. The predicted molar refractivity (Wildman–Crippen MR) is 201 cm³/mol. The normalized spacial score (nSPS) is 16.8. The molecule has 0 amide bonds. The number of aryl methyl sites for hydroxylation is 2. The lowest BCUT2D eigenvalue weighted by molar-refractivity contribution is 0.603. The van der Waals surface area contributed by atoms with E-state index in [4.69, 9.17) is 0 Å². The van der Waals surface area contributed by atoms with Crippen molar-refractivity contribution in [1.29, 1.82) is 0 Å². The summed E-state index contributed by atoms with van der Waals surface area (Å²) in [6.45, 7) is 22.6. The van der Waals surface area contributed by atoms with Gasteiger partial charge in [-0.25, -0.2) is 22.6 Å². The average molecular weight is 684 g/mol. The van der Waals surface area contributed by atoms with Crippen LogP contribution in [0.3, 0.4) is 0 Å². The van der Waals surface area contributed by atoms with Gasteiger partial charge in [-0.1, -0.05) is 6.07 Å². The molecule has 0 saturated heterocycles. The van der Waals surface area contributed by atoms with Crippen LogP contribution in [0, 0.1) is 62.3 Å². The number of fused-ring (bicyclic) bond motifs is 2. The third kappa shape index (κ3) is 5.39. The van der Waals surface area contributed by atoms with E-state index in [2.05, 4.69) is 62.6 Å². The zero-order chi connectivity index (χ0) is 35.6. The second-order valence-electron chi connectivity index (χ2n) is 12.9. The highest BCUT2D eigenvalue weighted by Crippen LogP contribution is 2.44. The number of hydrogen-bond donors (Lipinski definition) is 0. The minimum Gasteiger partial charge on any atom is -0.274 e. The van der Waals surface area contributed by atoms with Crippen molar-refractivity contribution in [3.8, 4) is 0 Å². The molecule has 0 fully saturated rings. The highest BCUT2D eigenvalue weighted by molar-refractivity contribution is 8.02. The maximum atomic E-state index is 13.3. The van der Waals surface area contributed by atoms with Crippen molar-refractivity contribution in [3.63, 3.8) is 0 Å². The van der Waals surface area contributed by atoms with Crippen LogP contribution in [0.1, 0.15) is 86.3 Å². The Labute approximate surface area is 288 Å². The summed E-state index contributed by atoms with van der Waals surface area (Å²) in [6.07, 6.45) is 4.85. The van der Waals surface area contributed by atoms with Crippen LogP contribution >= 0.6 is 0 Å². The van der Waals surface area contributed by atoms with Crippen LogP contribution in [-0.4, -0.2) is 41.7 Å². The molecule has 0 aliphatic carbocycles.